The van der Waals surface area contributed by atoms with Crippen molar-refractivity contribution in [3.63, 3.8) is 0 Å². The van der Waals surface area contributed by atoms with Crippen molar-refractivity contribution in [3.8, 4) is 0 Å². The monoisotopic (exact) mass is 299 g/mol. The number of rotatable bonds is 6. The van der Waals surface area contributed by atoms with Crippen molar-refractivity contribution in [2.24, 2.45) is 0 Å². The van der Waals surface area contributed by atoms with Crippen LogP contribution < -0.4 is 5.32 Å². The zero-order chi connectivity index (χ0) is 13.5. The van der Waals surface area contributed by atoms with E-state index in [9.17, 15) is 4.79 Å². The third kappa shape index (κ3) is 4.50. The molecule has 0 saturated heterocycles. The quantitative estimate of drug-likeness (QED) is 0.477. The van der Waals surface area contributed by atoms with Crippen molar-refractivity contribution in [2.75, 3.05) is 12.4 Å². The average molecular weight is 300 g/mol. The Morgan fingerprint density at radius 1 is 1.21 bits per heavy atom. The Morgan fingerprint density at radius 2 is 2.05 bits per heavy atom. The van der Waals surface area contributed by atoms with E-state index in [0.717, 1.165) is 43.5 Å². The molecule has 1 aromatic rings. The molecule has 1 amide bonds. The molecule has 0 saturated carbocycles. The molecule has 0 fully saturated rings. The van der Waals surface area contributed by atoms with E-state index in [4.69, 9.17) is 11.6 Å². The van der Waals surface area contributed by atoms with E-state index in [1.165, 1.54) is 29.7 Å². The summed E-state index contributed by atoms with van der Waals surface area (Å²) >= 11 is 7.32. The van der Waals surface area contributed by atoms with E-state index >= 15 is 0 Å². The third-order valence-electron chi connectivity index (χ3n) is 3.57. The molecule has 0 radical (unpaired) electrons. The topological polar surface area (TPSA) is 29.1 Å². The summed E-state index contributed by atoms with van der Waals surface area (Å²) in [4.78, 5) is 14.4. The lowest BCUT2D eigenvalue weighted by Crippen LogP contribution is -2.23. The summed E-state index contributed by atoms with van der Waals surface area (Å²) in [5.41, 5.74) is 1.41. The van der Waals surface area contributed by atoms with Crippen molar-refractivity contribution in [2.45, 2.75) is 51.4 Å². The van der Waals surface area contributed by atoms with E-state index in [1.807, 2.05) is 0 Å². The largest absolute Gasteiger partial charge is 0.351 e. The number of fused-ring (bicyclic) bond motifs is 1. The van der Waals surface area contributed by atoms with Gasteiger partial charge in [-0.25, -0.2) is 0 Å². The highest BCUT2D eigenvalue weighted by atomic mass is 35.5. The van der Waals surface area contributed by atoms with Gasteiger partial charge in [-0.15, -0.1) is 22.9 Å². The number of halogens is 1. The second kappa shape index (κ2) is 7.91. The summed E-state index contributed by atoms with van der Waals surface area (Å²) in [5.74, 6) is 0.815. The van der Waals surface area contributed by atoms with Gasteiger partial charge in [0.25, 0.3) is 5.91 Å². The van der Waals surface area contributed by atoms with Crippen LogP contribution in [0.2, 0.25) is 0 Å². The van der Waals surface area contributed by atoms with Crippen LogP contribution in [0.4, 0.5) is 0 Å². The maximum atomic E-state index is 12.1. The lowest BCUT2D eigenvalue weighted by molar-refractivity contribution is 0.0957. The molecule has 1 N–H and O–H groups in total. The fraction of sp³-hybridized carbons (Fsp3) is 0.667. The number of alkyl halides is 1. The summed E-state index contributed by atoms with van der Waals surface area (Å²) in [6.07, 6.45) is 9.30. The number of hydrogen-bond acceptors (Lipinski definition) is 2. The predicted molar refractivity (Wildman–Crippen MR) is 82.5 cm³/mol. The molecule has 0 unspecified atom stereocenters. The maximum absolute atomic E-state index is 12.1. The van der Waals surface area contributed by atoms with E-state index in [-0.39, 0.29) is 5.91 Å². The van der Waals surface area contributed by atoms with E-state index < -0.39 is 0 Å². The summed E-state index contributed by atoms with van der Waals surface area (Å²) in [6, 6.07) is 2.11. The third-order valence-corrected chi connectivity index (χ3v) is 5.07. The zero-order valence-corrected chi connectivity index (χ0v) is 12.9. The zero-order valence-electron chi connectivity index (χ0n) is 11.3. The molecule has 1 heterocycles. The molecule has 2 rings (SSSR count). The summed E-state index contributed by atoms with van der Waals surface area (Å²) in [7, 11) is 0. The molecule has 1 aliphatic rings. The number of carbonyl (C=O) groups excluding carboxylic acids is 1. The van der Waals surface area contributed by atoms with Gasteiger partial charge in [-0.1, -0.05) is 12.8 Å². The van der Waals surface area contributed by atoms with Crippen molar-refractivity contribution >= 4 is 28.8 Å². The highest BCUT2D eigenvalue weighted by molar-refractivity contribution is 7.14. The molecular formula is C15H22ClNOS. The summed E-state index contributed by atoms with van der Waals surface area (Å²) in [5, 5.41) is 3.01. The first kappa shape index (κ1) is 14.9. The van der Waals surface area contributed by atoms with Crippen molar-refractivity contribution in [3.05, 3.63) is 21.4 Å². The molecule has 0 atom stereocenters. The summed E-state index contributed by atoms with van der Waals surface area (Å²) < 4.78 is 0. The maximum Gasteiger partial charge on any atom is 0.261 e. The van der Waals surface area contributed by atoms with Crippen LogP contribution >= 0.6 is 22.9 Å². The Bertz CT molecular complexity index is 393. The number of hydrogen-bond donors (Lipinski definition) is 1. The SMILES string of the molecule is O=C(NCCCCCCl)c1cc2c(s1)CCCCC2. The smallest absolute Gasteiger partial charge is 0.261 e. The lowest BCUT2D eigenvalue weighted by Gasteiger charge is -2.02. The van der Waals surface area contributed by atoms with E-state index in [1.54, 1.807) is 11.3 Å². The second-order valence-corrected chi connectivity index (χ2v) is 6.64. The Labute approximate surface area is 124 Å². The molecule has 0 aromatic carbocycles. The standard InChI is InChI=1S/C15H22ClNOS/c16-9-5-2-6-10-17-15(18)14-11-12-7-3-1-4-8-13(12)19-14/h11H,1-10H2,(H,17,18). The minimum atomic E-state index is 0.101. The fourth-order valence-corrected chi connectivity index (χ4v) is 3.82. The molecule has 0 aliphatic heterocycles. The van der Waals surface area contributed by atoms with Crippen molar-refractivity contribution in [1.82, 2.24) is 5.32 Å². The lowest BCUT2D eigenvalue weighted by atomic mass is 10.1. The van der Waals surface area contributed by atoms with Crippen LogP contribution in [-0.2, 0) is 12.8 Å². The number of carbonyl (C=O) groups is 1. The van der Waals surface area contributed by atoms with Gasteiger partial charge in [0.15, 0.2) is 0 Å². The van der Waals surface area contributed by atoms with Crippen molar-refractivity contribution in [1.29, 1.82) is 0 Å². The van der Waals surface area contributed by atoms with E-state index in [0.29, 0.717) is 5.88 Å². The second-order valence-electron chi connectivity index (χ2n) is 5.13. The van der Waals surface area contributed by atoms with Gasteiger partial charge in [0.1, 0.15) is 0 Å². The molecular weight excluding hydrogens is 278 g/mol. The molecule has 2 nitrogen and oxygen atoms in total. The van der Waals surface area contributed by atoms with Crippen LogP contribution in [0.3, 0.4) is 0 Å². The number of unbranched alkanes of at least 4 members (excludes halogenated alkanes) is 2. The Kier molecular flexibility index (Phi) is 6.18. The highest BCUT2D eigenvalue weighted by Gasteiger charge is 2.15. The molecule has 1 aliphatic carbocycles. The van der Waals surface area contributed by atoms with Crippen LogP contribution in [0, 0.1) is 0 Å². The van der Waals surface area contributed by atoms with Gasteiger partial charge in [-0.3, -0.25) is 4.79 Å². The van der Waals surface area contributed by atoms with Crippen LogP contribution in [0.15, 0.2) is 6.07 Å². The molecule has 4 heteroatoms. The fourth-order valence-electron chi connectivity index (χ4n) is 2.46. The molecule has 0 bridgehead atoms. The Hall–Kier alpha value is -0.540. The van der Waals surface area contributed by atoms with Crippen LogP contribution in [-0.4, -0.2) is 18.3 Å². The molecule has 106 valence electrons. The number of nitrogens with one attached hydrogen (secondary N) is 1. The Morgan fingerprint density at radius 3 is 2.89 bits per heavy atom. The van der Waals surface area contributed by atoms with Crippen molar-refractivity contribution < 1.29 is 4.79 Å². The minimum Gasteiger partial charge on any atom is -0.351 e. The number of aryl methyl sites for hydroxylation is 2. The Balaban J connectivity index is 1.82. The van der Waals surface area contributed by atoms with Crippen LogP contribution in [0.1, 0.15) is 58.6 Å². The minimum absolute atomic E-state index is 0.101. The summed E-state index contributed by atoms with van der Waals surface area (Å²) in [6.45, 7) is 0.762. The van der Waals surface area contributed by atoms with Gasteiger partial charge in [0.05, 0.1) is 4.88 Å². The van der Waals surface area contributed by atoms with Gasteiger partial charge >= 0.3 is 0 Å². The van der Waals surface area contributed by atoms with Gasteiger partial charge in [0, 0.05) is 17.3 Å². The first-order valence-corrected chi connectivity index (χ1v) is 8.62. The van der Waals surface area contributed by atoms with Gasteiger partial charge in [-0.2, -0.15) is 0 Å². The normalized spacial score (nSPS) is 14.8. The highest BCUT2D eigenvalue weighted by Crippen LogP contribution is 2.28. The van der Waals surface area contributed by atoms with Crippen LogP contribution in [0.25, 0.3) is 0 Å². The predicted octanol–water partition coefficient (Wildman–Crippen LogP) is 4.16. The van der Waals surface area contributed by atoms with Gasteiger partial charge < -0.3 is 5.32 Å². The van der Waals surface area contributed by atoms with Crippen LogP contribution in [0.5, 0.6) is 0 Å². The molecule has 1 aromatic heterocycles. The average Bonchev–Trinajstić information content (AvgIpc) is 2.70. The first-order valence-electron chi connectivity index (χ1n) is 7.27. The first-order chi connectivity index (χ1) is 9.31. The molecule has 19 heavy (non-hydrogen) atoms. The van der Waals surface area contributed by atoms with E-state index in [2.05, 4.69) is 11.4 Å². The number of amides is 1. The number of thiophene rings is 1. The van der Waals surface area contributed by atoms with Gasteiger partial charge in [-0.05, 0) is 50.2 Å². The van der Waals surface area contributed by atoms with Gasteiger partial charge in [0.2, 0.25) is 0 Å². The molecule has 0 spiro atoms.